The molecule has 3 aromatic carbocycles. The number of para-hydroxylation sites is 1. The van der Waals surface area contributed by atoms with Gasteiger partial charge in [0.25, 0.3) is 5.91 Å². The zero-order chi connectivity index (χ0) is 26.1. The first-order chi connectivity index (χ1) is 17.2. The fourth-order valence-electron chi connectivity index (χ4n) is 3.92. The van der Waals surface area contributed by atoms with Crippen LogP contribution in [0.25, 0.3) is 0 Å². The molecule has 2 N–H and O–H groups in total. The fraction of sp³-hybridized carbons (Fsp3) is 0.286. The minimum atomic E-state index is -3.51. The van der Waals surface area contributed by atoms with Crippen molar-refractivity contribution in [3.05, 3.63) is 95.1 Å². The summed E-state index contributed by atoms with van der Waals surface area (Å²) in [5.41, 5.74) is 4.44. The summed E-state index contributed by atoms with van der Waals surface area (Å²) in [6.07, 6.45) is 2.32. The lowest BCUT2D eigenvalue weighted by Gasteiger charge is -2.25. The van der Waals surface area contributed by atoms with E-state index in [9.17, 15) is 18.0 Å². The Labute approximate surface area is 213 Å². The highest BCUT2D eigenvalue weighted by molar-refractivity contribution is 7.92. The Morgan fingerprint density at radius 2 is 1.58 bits per heavy atom. The van der Waals surface area contributed by atoms with Crippen LogP contribution in [0.1, 0.15) is 39.9 Å². The number of nitrogens with zero attached hydrogens (tertiary/aromatic N) is 1. The Morgan fingerprint density at radius 3 is 2.31 bits per heavy atom. The molecule has 0 radical (unpaired) electrons. The number of carbonyl (C=O) groups is 2. The van der Waals surface area contributed by atoms with Gasteiger partial charge in [-0.15, -0.1) is 0 Å². The third kappa shape index (κ3) is 7.42. The summed E-state index contributed by atoms with van der Waals surface area (Å²) in [6, 6.07) is 22.3. The molecular formula is C28H33N3O4S. The zero-order valence-electron chi connectivity index (χ0n) is 21.0. The van der Waals surface area contributed by atoms with Crippen molar-refractivity contribution < 1.29 is 18.0 Å². The molecule has 0 heterocycles. The molecular weight excluding hydrogens is 474 g/mol. The number of aryl methyl sites for hydroxylation is 1. The molecule has 0 aliphatic rings. The van der Waals surface area contributed by atoms with Crippen LogP contribution in [0.15, 0.2) is 72.8 Å². The lowest BCUT2D eigenvalue weighted by Crippen LogP contribution is -2.32. The number of sulfonamides is 1. The molecule has 36 heavy (non-hydrogen) atoms. The van der Waals surface area contributed by atoms with Gasteiger partial charge in [0, 0.05) is 19.5 Å². The Hall–Kier alpha value is -3.65. The van der Waals surface area contributed by atoms with Crippen LogP contribution in [0.2, 0.25) is 0 Å². The van der Waals surface area contributed by atoms with Crippen LogP contribution < -0.4 is 14.9 Å². The van der Waals surface area contributed by atoms with Crippen LogP contribution in [0, 0.1) is 13.8 Å². The second-order valence-electron chi connectivity index (χ2n) is 8.74. The van der Waals surface area contributed by atoms with Gasteiger partial charge in [-0.1, -0.05) is 54.6 Å². The van der Waals surface area contributed by atoms with E-state index >= 15 is 0 Å². The average molecular weight is 508 g/mol. The highest BCUT2D eigenvalue weighted by Gasteiger charge is 2.20. The first-order valence-electron chi connectivity index (χ1n) is 11.9. The van der Waals surface area contributed by atoms with Crippen molar-refractivity contribution in [1.29, 1.82) is 0 Å². The van der Waals surface area contributed by atoms with Crippen molar-refractivity contribution in [3.8, 4) is 0 Å². The number of nitrogens with one attached hydrogen (secondary N) is 2. The minimum absolute atomic E-state index is 0.112. The highest BCUT2D eigenvalue weighted by Crippen LogP contribution is 2.25. The summed E-state index contributed by atoms with van der Waals surface area (Å²) in [5, 5.41) is 5.70. The van der Waals surface area contributed by atoms with Crippen LogP contribution >= 0.6 is 0 Å². The number of rotatable bonds is 11. The molecule has 3 rings (SSSR count). The quantitative estimate of drug-likeness (QED) is 0.401. The summed E-state index contributed by atoms with van der Waals surface area (Å²) in [4.78, 5) is 25.4. The maximum Gasteiger partial charge on any atom is 0.253 e. The van der Waals surface area contributed by atoms with Crippen LogP contribution in [-0.2, 0) is 21.2 Å². The van der Waals surface area contributed by atoms with E-state index in [0.29, 0.717) is 36.3 Å². The normalized spacial score (nSPS) is 11.1. The Bertz CT molecular complexity index is 1310. The fourth-order valence-corrected chi connectivity index (χ4v) is 4.93. The third-order valence-corrected chi connectivity index (χ3v) is 7.18. The smallest absolute Gasteiger partial charge is 0.253 e. The summed E-state index contributed by atoms with van der Waals surface area (Å²) in [6.45, 7) is 4.47. The van der Waals surface area contributed by atoms with E-state index in [1.807, 2.05) is 56.3 Å². The molecule has 0 aliphatic carbocycles. The van der Waals surface area contributed by atoms with Gasteiger partial charge in [-0.25, -0.2) is 8.42 Å². The second kappa shape index (κ2) is 12.4. The van der Waals surface area contributed by atoms with Gasteiger partial charge in [-0.2, -0.15) is 0 Å². The number of carbonyl (C=O) groups excluding carboxylic acids is 2. The van der Waals surface area contributed by atoms with Gasteiger partial charge in [-0.05, 0) is 61.6 Å². The molecule has 3 aromatic rings. The van der Waals surface area contributed by atoms with Gasteiger partial charge in [-0.3, -0.25) is 13.9 Å². The van der Waals surface area contributed by atoms with Crippen molar-refractivity contribution in [3.63, 3.8) is 0 Å². The molecule has 0 aromatic heterocycles. The summed E-state index contributed by atoms with van der Waals surface area (Å²) in [5.74, 6) is -0.547. The van der Waals surface area contributed by atoms with Crippen molar-refractivity contribution in [2.45, 2.75) is 33.1 Å². The molecule has 7 nitrogen and oxygen atoms in total. The number of benzene rings is 3. The van der Waals surface area contributed by atoms with Crippen LogP contribution in [-0.4, -0.2) is 39.6 Å². The second-order valence-corrected chi connectivity index (χ2v) is 10.6. The van der Waals surface area contributed by atoms with Gasteiger partial charge in [0.05, 0.1) is 23.2 Å². The first-order valence-corrected chi connectivity index (χ1v) is 13.8. The van der Waals surface area contributed by atoms with E-state index in [0.717, 1.165) is 16.7 Å². The largest absolute Gasteiger partial charge is 0.352 e. The predicted octanol–water partition coefficient (Wildman–Crippen LogP) is 4.46. The molecule has 2 amide bonds. The van der Waals surface area contributed by atoms with Gasteiger partial charge >= 0.3 is 0 Å². The number of hydrogen-bond acceptors (Lipinski definition) is 4. The summed E-state index contributed by atoms with van der Waals surface area (Å²) in [7, 11) is -3.51. The van der Waals surface area contributed by atoms with Gasteiger partial charge in [0.15, 0.2) is 0 Å². The SMILES string of the molecule is Cc1cccc(N(CCCC(=O)Nc2ccccc2C(=O)NCCc2ccccc2)S(C)(=O)=O)c1C. The molecule has 190 valence electrons. The van der Waals surface area contributed by atoms with Crippen molar-refractivity contribution in [2.75, 3.05) is 29.0 Å². The van der Waals surface area contributed by atoms with Crippen molar-refractivity contribution >= 4 is 33.2 Å². The molecule has 0 bridgehead atoms. The van der Waals surface area contributed by atoms with E-state index in [-0.39, 0.29) is 24.8 Å². The predicted molar refractivity (Wildman–Crippen MR) is 145 cm³/mol. The zero-order valence-corrected chi connectivity index (χ0v) is 21.8. The topological polar surface area (TPSA) is 95.6 Å². The molecule has 0 unspecified atom stereocenters. The monoisotopic (exact) mass is 507 g/mol. The highest BCUT2D eigenvalue weighted by atomic mass is 32.2. The van der Waals surface area contributed by atoms with Crippen LogP contribution in [0.4, 0.5) is 11.4 Å². The lowest BCUT2D eigenvalue weighted by molar-refractivity contribution is -0.116. The number of anilines is 2. The maximum atomic E-state index is 12.7. The van der Waals surface area contributed by atoms with Crippen LogP contribution in [0.3, 0.4) is 0 Å². The minimum Gasteiger partial charge on any atom is -0.352 e. The van der Waals surface area contributed by atoms with E-state index < -0.39 is 10.0 Å². The van der Waals surface area contributed by atoms with Crippen molar-refractivity contribution in [2.24, 2.45) is 0 Å². The van der Waals surface area contributed by atoms with Gasteiger partial charge in [0.1, 0.15) is 0 Å². The Morgan fingerprint density at radius 1 is 0.889 bits per heavy atom. The van der Waals surface area contributed by atoms with E-state index in [1.54, 1.807) is 30.3 Å². The molecule has 0 saturated heterocycles. The first kappa shape index (κ1) is 26.9. The number of amides is 2. The van der Waals surface area contributed by atoms with Gasteiger partial charge in [0.2, 0.25) is 15.9 Å². The third-order valence-electron chi connectivity index (χ3n) is 6.00. The number of hydrogen-bond donors (Lipinski definition) is 2. The standard InChI is InChI=1S/C28H33N3O4S/c1-21-11-9-16-26(22(21)2)31(36(3,34)35)20-10-17-27(32)30-25-15-8-7-14-24(25)28(33)29-19-18-23-12-5-4-6-13-23/h4-9,11-16H,10,17-20H2,1-3H3,(H,29,33)(H,30,32). The van der Waals surface area contributed by atoms with Gasteiger partial charge < -0.3 is 10.6 Å². The Balaban J connectivity index is 1.58. The molecule has 8 heteroatoms. The molecule has 0 saturated carbocycles. The van der Waals surface area contributed by atoms with E-state index in [1.165, 1.54) is 10.6 Å². The Kier molecular flexibility index (Phi) is 9.25. The van der Waals surface area contributed by atoms with Crippen molar-refractivity contribution in [1.82, 2.24) is 5.32 Å². The summed E-state index contributed by atoms with van der Waals surface area (Å²) < 4.78 is 26.2. The summed E-state index contributed by atoms with van der Waals surface area (Å²) >= 11 is 0. The molecule has 0 aliphatic heterocycles. The maximum absolute atomic E-state index is 12.7. The lowest BCUT2D eigenvalue weighted by atomic mass is 10.1. The van der Waals surface area contributed by atoms with E-state index in [2.05, 4.69) is 10.6 Å². The molecule has 0 spiro atoms. The average Bonchev–Trinajstić information content (AvgIpc) is 2.84. The van der Waals surface area contributed by atoms with E-state index in [4.69, 9.17) is 0 Å². The van der Waals surface area contributed by atoms with Crippen LogP contribution in [0.5, 0.6) is 0 Å². The molecule has 0 fully saturated rings. The molecule has 0 atom stereocenters.